The molecular weight excluding hydrogens is 266 g/mol. The lowest BCUT2D eigenvalue weighted by Crippen LogP contribution is -2.26. The third kappa shape index (κ3) is 3.04. The van der Waals surface area contributed by atoms with Gasteiger partial charge >= 0.3 is 7.12 Å². The second-order valence-corrected chi connectivity index (χ2v) is 5.81. The van der Waals surface area contributed by atoms with Crippen LogP contribution >= 0.6 is 11.3 Å². The minimum absolute atomic E-state index is 0.362. The lowest BCUT2D eigenvalue weighted by molar-refractivity contribution is 0.0782. The van der Waals surface area contributed by atoms with E-state index in [1.165, 1.54) is 12.1 Å². The summed E-state index contributed by atoms with van der Waals surface area (Å²) in [6.45, 7) is 3.18. The average Bonchev–Trinajstić information content (AvgIpc) is 2.76. The van der Waals surface area contributed by atoms with E-state index in [1.54, 1.807) is 31.4 Å². The molecule has 0 bridgehead atoms. The zero-order chi connectivity index (χ0) is 14.2. The third-order valence-corrected chi connectivity index (χ3v) is 3.83. The van der Waals surface area contributed by atoms with E-state index < -0.39 is 18.5 Å². The standard InChI is InChI=1S/C13H14BFO3S/c1-13(2,16)9-3-4-10(11(15)6-9)8-5-12(14(17)18)19-7-8/h3-7,16-18H,1-2H3. The van der Waals surface area contributed by atoms with Crippen LogP contribution in [0.25, 0.3) is 11.1 Å². The van der Waals surface area contributed by atoms with Crippen LogP contribution in [0.3, 0.4) is 0 Å². The zero-order valence-corrected chi connectivity index (χ0v) is 11.4. The maximum atomic E-state index is 14.0. The molecule has 19 heavy (non-hydrogen) atoms. The quantitative estimate of drug-likeness (QED) is 0.746. The van der Waals surface area contributed by atoms with E-state index in [4.69, 9.17) is 10.0 Å². The number of aliphatic hydroxyl groups is 1. The summed E-state index contributed by atoms with van der Waals surface area (Å²) in [5.41, 5.74) is 0.357. The highest BCUT2D eigenvalue weighted by molar-refractivity contribution is 7.20. The summed E-state index contributed by atoms with van der Waals surface area (Å²) in [5, 5.41) is 29.6. The first kappa shape index (κ1) is 14.2. The van der Waals surface area contributed by atoms with Crippen molar-refractivity contribution >= 4 is 23.2 Å². The van der Waals surface area contributed by atoms with Gasteiger partial charge in [0.25, 0.3) is 0 Å². The van der Waals surface area contributed by atoms with Crippen molar-refractivity contribution in [2.45, 2.75) is 19.4 Å². The third-order valence-electron chi connectivity index (χ3n) is 2.86. The van der Waals surface area contributed by atoms with Gasteiger partial charge in [-0.2, -0.15) is 11.3 Å². The maximum absolute atomic E-state index is 14.0. The van der Waals surface area contributed by atoms with Crippen LogP contribution in [-0.4, -0.2) is 22.3 Å². The molecule has 2 aromatic rings. The van der Waals surface area contributed by atoms with E-state index in [-0.39, 0.29) is 0 Å². The topological polar surface area (TPSA) is 60.7 Å². The molecule has 0 fully saturated rings. The number of hydrogen-bond donors (Lipinski definition) is 3. The smallest absolute Gasteiger partial charge is 0.423 e. The molecule has 0 saturated carbocycles. The predicted molar refractivity (Wildman–Crippen MR) is 74.8 cm³/mol. The molecule has 0 radical (unpaired) electrons. The van der Waals surface area contributed by atoms with Crippen LogP contribution in [0.5, 0.6) is 0 Å². The Kier molecular flexibility index (Phi) is 3.78. The largest absolute Gasteiger partial charge is 0.499 e. The zero-order valence-electron chi connectivity index (χ0n) is 10.6. The summed E-state index contributed by atoms with van der Waals surface area (Å²) >= 11 is 1.15. The Morgan fingerprint density at radius 1 is 1.21 bits per heavy atom. The monoisotopic (exact) mass is 280 g/mol. The molecular formula is C13H14BFO3S. The Balaban J connectivity index is 2.40. The van der Waals surface area contributed by atoms with Crippen molar-refractivity contribution in [3.63, 3.8) is 0 Å². The van der Waals surface area contributed by atoms with Crippen LogP contribution in [0.15, 0.2) is 29.6 Å². The first-order valence-corrected chi connectivity index (χ1v) is 6.64. The Bertz CT molecular complexity index is 590. The summed E-state index contributed by atoms with van der Waals surface area (Å²) in [7, 11) is -1.54. The molecule has 1 aromatic heterocycles. The van der Waals surface area contributed by atoms with E-state index in [1.807, 2.05) is 0 Å². The summed E-state index contributed by atoms with van der Waals surface area (Å²) < 4.78 is 14.4. The molecule has 0 spiro atoms. The Labute approximate surface area is 115 Å². The SMILES string of the molecule is CC(C)(O)c1ccc(-c2csc(B(O)O)c2)c(F)c1. The van der Waals surface area contributed by atoms with Gasteiger partial charge in [0.2, 0.25) is 0 Å². The molecule has 1 aromatic carbocycles. The highest BCUT2D eigenvalue weighted by Crippen LogP contribution is 2.28. The first-order chi connectivity index (χ1) is 8.79. The molecule has 3 nitrogen and oxygen atoms in total. The number of halogens is 1. The van der Waals surface area contributed by atoms with Crippen LogP contribution in [0.4, 0.5) is 4.39 Å². The van der Waals surface area contributed by atoms with E-state index in [0.29, 0.717) is 21.5 Å². The van der Waals surface area contributed by atoms with Gasteiger partial charge in [-0.15, -0.1) is 0 Å². The lowest BCUT2D eigenvalue weighted by Gasteiger charge is -2.18. The molecule has 0 saturated heterocycles. The number of hydrogen-bond acceptors (Lipinski definition) is 4. The summed E-state index contributed by atoms with van der Waals surface area (Å²) in [6, 6.07) is 6.07. The average molecular weight is 280 g/mol. The molecule has 0 aliphatic carbocycles. The van der Waals surface area contributed by atoms with Crippen LogP contribution in [0.2, 0.25) is 0 Å². The van der Waals surface area contributed by atoms with Crippen molar-refractivity contribution in [3.05, 3.63) is 41.0 Å². The normalized spacial score (nSPS) is 11.7. The van der Waals surface area contributed by atoms with Crippen molar-refractivity contribution in [2.75, 3.05) is 0 Å². The van der Waals surface area contributed by atoms with Crippen molar-refractivity contribution in [2.24, 2.45) is 0 Å². The van der Waals surface area contributed by atoms with Crippen molar-refractivity contribution < 1.29 is 19.5 Å². The van der Waals surface area contributed by atoms with E-state index >= 15 is 0 Å². The van der Waals surface area contributed by atoms with Crippen LogP contribution in [-0.2, 0) is 5.60 Å². The molecule has 1 heterocycles. The van der Waals surface area contributed by atoms with Crippen molar-refractivity contribution in [1.29, 1.82) is 0 Å². The molecule has 0 aliphatic rings. The van der Waals surface area contributed by atoms with Crippen molar-refractivity contribution in [1.82, 2.24) is 0 Å². The fraction of sp³-hybridized carbons (Fsp3) is 0.231. The minimum Gasteiger partial charge on any atom is -0.423 e. The van der Waals surface area contributed by atoms with Gasteiger partial charge in [0.05, 0.1) is 5.60 Å². The molecule has 0 unspecified atom stereocenters. The fourth-order valence-corrected chi connectivity index (χ4v) is 2.53. The van der Waals surface area contributed by atoms with Gasteiger partial charge in [-0.1, -0.05) is 12.1 Å². The van der Waals surface area contributed by atoms with Gasteiger partial charge < -0.3 is 15.2 Å². The summed E-state index contributed by atoms with van der Waals surface area (Å²) in [5.74, 6) is -0.448. The minimum atomic E-state index is -1.54. The maximum Gasteiger partial charge on any atom is 0.499 e. The molecule has 0 amide bonds. The second kappa shape index (κ2) is 5.05. The van der Waals surface area contributed by atoms with Crippen LogP contribution < -0.4 is 4.78 Å². The lowest BCUT2D eigenvalue weighted by atomic mass is 9.88. The van der Waals surface area contributed by atoms with Gasteiger partial charge in [0, 0.05) is 10.3 Å². The number of thiophene rings is 1. The van der Waals surface area contributed by atoms with E-state index in [0.717, 1.165) is 11.3 Å². The highest BCUT2D eigenvalue weighted by atomic mass is 32.1. The van der Waals surface area contributed by atoms with Gasteiger partial charge in [-0.05, 0) is 42.5 Å². The molecule has 6 heteroatoms. The predicted octanol–water partition coefficient (Wildman–Crippen LogP) is 1.46. The molecule has 0 atom stereocenters. The van der Waals surface area contributed by atoms with Crippen LogP contribution in [0, 0.1) is 5.82 Å². The fourth-order valence-electron chi connectivity index (χ4n) is 1.76. The van der Waals surface area contributed by atoms with Gasteiger partial charge in [-0.25, -0.2) is 4.39 Å². The highest BCUT2D eigenvalue weighted by Gasteiger charge is 2.19. The van der Waals surface area contributed by atoms with Gasteiger partial charge in [0.1, 0.15) is 5.82 Å². The number of benzene rings is 1. The van der Waals surface area contributed by atoms with Crippen molar-refractivity contribution in [3.8, 4) is 11.1 Å². The van der Waals surface area contributed by atoms with Gasteiger partial charge in [0.15, 0.2) is 0 Å². The molecule has 100 valence electrons. The second-order valence-electron chi connectivity index (χ2n) is 4.87. The number of rotatable bonds is 3. The Morgan fingerprint density at radius 2 is 1.89 bits per heavy atom. The first-order valence-electron chi connectivity index (χ1n) is 5.76. The summed E-state index contributed by atoms with van der Waals surface area (Å²) in [6.07, 6.45) is 0. The van der Waals surface area contributed by atoms with E-state index in [9.17, 15) is 9.50 Å². The van der Waals surface area contributed by atoms with Crippen LogP contribution in [0.1, 0.15) is 19.4 Å². The Hall–Kier alpha value is -1.21. The molecule has 0 aliphatic heterocycles. The van der Waals surface area contributed by atoms with E-state index in [2.05, 4.69) is 0 Å². The molecule has 3 N–H and O–H groups in total. The molecule has 2 rings (SSSR count). The van der Waals surface area contributed by atoms with Gasteiger partial charge in [-0.3, -0.25) is 0 Å². The Morgan fingerprint density at radius 3 is 2.37 bits per heavy atom. The summed E-state index contributed by atoms with van der Waals surface area (Å²) in [4.78, 5) is 0.